The van der Waals surface area contributed by atoms with E-state index in [0.29, 0.717) is 24.7 Å². The van der Waals surface area contributed by atoms with Gasteiger partial charge in [-0.3, -0.25) is 9.59 Å². The summed E-state index contributed by atoms with van der Waals surface area (Å²) >= 11 is 0. The van der Waals surface area contributed by atoms with E-state index in [2.05, 4.69) is 65.2 Å². The molecule has 260 valence electrons. The third kappa shape index (κ3) is 4.97. The molecule has 5 aliphatic carbocycles. The van der Waals surface area contributed by atoms with Crippen molar-refractivity contribution in [1.82, 2.24) is 10.6 Å². The molecule has 0 radical (unpaired) electrons. The Balaban J connectivity index is 1.26. The second-order valence-electron chi connectivity index (χ2n) is 18.1. The predicted molar refractivity (Wildman–Crippen MR) is 182 cm³/mol. The number of aromatic hydroxyl groups is 2. The minimum Gasteiger partial charge on any atom is -0.508 e. The number of carbonyl (C=O) groups is 2. The fourth-order valence-electron chi connectivity index (χ4n) is 12.1. The van der Waals surface area contributed by atoms with Crippen molar-refractivity contribution in [3.8, 4) is 11.5 Å². The Hall–Kier alpha value is -2.58. The smallest absolute Gasteiger partial charge is 0.255 e. The molecule has 0 aliphatic heterocycles. The van der Waals surface area contributed by atoms with Crippen LogP contribution in [0.25, 0.3) is 0 Å². The summed E-state index contributed by atoms with van der Waals surface area (Å²) in [6.45, 7) is 16.8. The van der Waals surface area contributed by atoms with Gasteiger partial charge in [-0.1, -0.05) is 60.1 Å². The maximum atomic E-state index is 14.4. The number of amides is 2. The molecule has 6 rings (SSSR count). The van der Waals surface area contributed by atoms with Gasteiger partial charge in [0.15, 0.2) is 0 Å². The van der Waals surface area contributed by atoms with E-state index in [1.165, 1.54) is 17.7 Å². The molecule has 2 amide bonds. The number of aliphatic hydroxyl groups is 2. The van der Waals surface area contributed by atoms with Crippen LogP contribution in [0.15, 0.2) is 29.8 Å². The molecule has 4 saturated carbocycles. The Kier molecular flexibility index (Phi) is 8.19. The van der Waals surface area contributed by atoms with Crippen LogP contribution in [0.4, 0.5) is 0 Å². The molecule has 0 saturated heterocycles. The van der Waals surface area contributed by atoms with Gasteiger partial charge in [0, 0.05) is 19.2 Å². The van der Waals surface area contributed by atoms with Crippen molar-refractivity contribution in [3.63, 3.8) is 0 Å². The molecule has 0 unspecified atom stereocenters. The van der Waals surface area contributed by atoms with E-state index in [9.17, 15) is 30.0 Å². The molecule has 0 heterocycles. The quantitative estimate of drug-likeness (QED) is 0.169. The van der Waals surface area contributed by atoms with Gasteiger partial charge < -0.3 is 31.1 Å². The number of hydrogen-bond acceptors (Lipinski definition) is 6. The second kappa shape index (κ2) is 11.2. The van der Waals surface area contributed by atoms with Gasteiger partial charge in [-0.2, -0.15) is 0 Å². The summed E-state index contributed by atoms with van der Waals surface area (Å²) in [5.74, 6) is -0.254. The van der Waals surface area contributed by atoms with Crippen LogP contribution >= 0.6 is 0 Å². The summed E-state index contributed by atoms with van der Waals surface area (Å²) in [6.07, 6.45) is 9.25. The number of carbonyl (C=O) groups excluding carboxylic acids is 2. The van der Waals surface area contributed by atoms with Crippen LogP contribution in [-0.4, -0.2) is 57.5 Å². The Morgan fingerprint density at radius 1 is 0.830 bits per heavy atom. The monoisotopic (exact) mass is 650 g/mol. The second-order valence-corrected chi connectivity index (χ2v) is 18.1. The first-order valence-corrected chi connectivity index (χ1v) is 18.0. The molecule has 4 fully saturated rings. The van der Waals surface area contributed by atoms with Gasteiger partial charge in [-0.05, 0) is 115 Å². The molecule has 8 heteroatoms. The zero-order chi connectivity index (χ0) is 34.4. The highest BCUT2D eigenvalue weighted by Gasteiger charge is 2.71. The van der Waals surface area contributed by atoms with Gasteiger partial charge in [-0.25, -0.2) is 0 Å². The number of hydrogen-bond donors (Lipinski definition) is 6. The summed E-state index contributed by atoms with van der Waals surface area (Å²) in [6, 6.07) is 3.82. The molecule has 0 spiro atoms. The highest BCUT2D eigenvalue weighted by molar-refractivity contribution is 5.97. The van der Waals surface area contributed by atoms with Gasteiger partial charge in [0.1, 0.15) is 11.5 Å². The van der Waals surface area contributed by atoms with Gasteiger partial charge >= 0.3 is 0 Å². The Labute approximate surface area is 280 Å². The van der Waals surface area contributed by atoms with Crippen LogP contribution in [-0.2, 0) is 4.79 Å². The van der Waals surface area contributed by atoms with Gasteiger partial charge in [0.25, 0.3) is 5.91 Å². The van der Waals surface area contributed by atoms with E-state index in [-0.39, 0.29) is 75.2 Å². The Morgan fingerprint density at radius 3 is 2.23 bits per heavy atom. The topological polar surface area (TPSA) is 139 Å². The predicted octanol–water partition coefficient (Wildman–Crippen LogP) is 6.08. The van der Waals surface area contributed by atoms with Crippen molar-refractivity contribution in [2.75, 3.05) is 13.1 Å². The molecule has 9 atom stereocenters. The first kappa shape index (κ1) is 34.3. The zero-order valence-corrected chi connectivity index (χ0v) is 29.6. The summed E-state index contributed by atoms with van der Waals surface area (Å²) < 4.78 is 0. The average molecular weight is 651 g/mol. The largest absolute Gasteiger partial charge is 0.508 e. The highest BCUT2D eigenvalue weighted by atomic mass is 16.3. The van der Waals surface area contributed by atoms with Crippen LogP contribution in [0.3, 0.4) is 0 Å². The van der Waals surface area contributed by atoms with E-state index in [0.717, 1.165) is 51.0 Å². The summed E-state index contributed by atoms with van der Waals surface area (Å²) in [5, 5.41) is 48.8. The van der Waals surface area contributed by atoms with Crippen molar-refractivity contribution in [2.45, 2.75) is 118 Å². The number of rotatable bonds is 5. The maximum Gasteiger partial charge on any atom is 0.255 e. The zero-order valence-electron chi connectivity index (χ0n) is 29.6. The number of aliphatic hydroxyl groups excluding tert-OH is 2. The molecule has 8 nitrogen and oxygen atoms in total. The first-order valence-electron chi connectivity index (χ1n) is 18.0. The third-order valence-electron chi connectivity index (χ3n) is 15.0. The van der Waals surface area contributed by atoms with Crippen LogP contribution in [0, 0.1) is 50.2 Å². The fourth-order valence-corrected chi connectivity index (χ4v) is 12.1. The molecule has 6 N–H and O–H groups in total. The summed E-state index contributed by atoms with van der Waals surface area (Å²) in [5.41, 5.74) is 0.232. The molecule has 5 aliphatic rings. The molecule has 47 heavy (non-hydrogen) atoms. The van der Waals surface area contributed by atoms with Crippen LogP contribution < -0.4 is 10.6 Å². The van der Waals surface area contributed by atoms with Crippen molar-refractivity contribution in [3.05, 3.63) is 35.4 Å². The Bertz CT molecular complexity index is 1470. The summed E-state index contributed by atoms with van der Waals surface area (Å²) in [7, 11) is 0. The fraction of sp³-hybridized carbons (Fsp3) is 0.744. The van der Waals surface area contributed by atoms with Gasteiger partial charge in [-0.15, -0.1) is 0 Å². The number of fused-ring (bicyclic) bond motifs is 7. The number of phenolic OH excluding ortho intramolecular Hbond substituents is 2. The highest BCUT2D eigenvalue weighted by Crippen LogP contribution is 2.75. The number of benzene rings is 1. The molecule has 1 aromatic carbocycles. The number of allylic oxidation sites excluding steroid dienone is 2. The van der Waals surface area contributed by atoms with Crippen molar-refractivity contribution < 1.29 is 30.0 Å². The van der Waals surface area contributed by atoms with E-state index >= 15 is 0 Å². The van der Waals surface area contributed by atoms with E-state index in [4.69, 9.17) is 0 Å². The van der Waals surface area contributed by atoms with E-state index in [1.807, 2.05) is 0 Å². The molecular weight excluding hydrogens is 592 g/mol. The van der Waals surface area contributed by atoms with Crippen LogP contribution in [0.5, 0.6) is 11.5 Å². The third-order valence-corrected chi connectivity index (χ3v) is 15.0. The van der Waals surface area contributed by atoms with Crippen molar-refractivity contribution >= 4 is 11.8 Å². The number of phenols is 2. The normalized spacial score (nSPS) is 41.6. The lowest BCUT2D eigenvalue weighted by atomic mass is 9.33. The minimum atomic E-state index is -0.929. The maximum absolute atomic E-state index is 14.4. The SMILES string of the molecule is CC1(C)CC[C@]2(C(=O)NCCNC(=O)c3ccc(O)cc3O)[C@H](O)C[C@]3(C)C(=CC[C@@H]4[C@@]5(C)CC[C@H](O)C(C)(C)[C@@H]5CC[C@]43C)[C@@H]2C1. The standard InChI is InChI=1S/C39H58N2O6/c1-34(2)16-17-39(33(47)41-19-18-40-32(46)24-9-8-23(42)20-27(24)43)26(21-34)25-10-11-29-36(5)14-13-30(44)35(3,4)28(36)12-15-37(29,6)38(25,7)22-31(39)45/h8-10,20,26,28-31,42-45H,11-19,21-22H2,1-7H3,(H,40,46)(H,41,47)/t26-,28-,29+,30-,31+,36-,37+,38+,39+/m0/s1. The van der Waals surface area contributed by atoms with Gasteiger partial charge in [0.05, 0.1) is 23.2 Å². The van der Waals surface area contributed by atoms with Crippen molar-refractivity contribution in [1.29, 1.82) is 0 Å². The van der Waals surface area contributed by atoms with Gasteiger partial charge in [0.2, 0.25) is 5.91 Å². The molecular formula is C39H58N2O6. The molecule has 0 aromatic heterocycles. The molecule has 0 bridgehead atoms. The first-order chi connectivity index (χ1) is 21.8. The van der Waals surface area contributed by atoms with Crippen LogP contribution in [0.2, 0.25) is 0 Å². The van der Waals surface area contributed by atoms with E-state index < -0.39 is 17.4 Å². The average Bonchev–Trinajstić information content (AvgIpc) is 2.97. The molecule has 1 aromatic rings. The van der Waals surface area contributed by atoms with Crippen LogP contribution in [0.1, 0.15) is 117 Å². The number of nitrogens with one attached hydrogen (secondary N) is 2. The Morgan fingerprint density at radius 2 is 1.53 bits per heavy atom. The lowest BCUT2D eigenvalue weighted by Crippen LogP contribution is -2.68. The summed E-state index contributed by atoms with van der Waals surface area (Å²) in [4.78, 5) is 27.0. The van der Waals surface area contributed by atoms with E-state index in [1.54, 1.807) is 0 Å². The lowest BCUT2D eigenvalue weighted by molar-refractivity contribution is -0.215. The lowest BCUT2D eigenvalue weighted by Gasteiger charge is -2.71. The minimum absolute atomic E-state index is 0.0318. The van der Waals surface area contributed by atoms with Crippen molar-refractivity contribution in [2.24, 2.45) is 50.2 Å².